The van der Waals surface area contributed by atoms with Gasteiger partial charge in [-0.15, -0.1) is 0 Å². The van der Waals surface area contributed by atoms with Gasteiger partial charge in [0, 0.05) is 31.4 Å². The molecule has 1 aromatic rings. The predicted molar refractivity (Wildman–Crippen MR) is 61.7 cm³/mol. The van der Waals surface area contributed by atoms with Crippen LogP contribution in [0.3, 0.4) is 0 Å². The molecule has 3 nitrogen and oxygen atoms in total. The molecule has 0 aliphatic rings. The second-order valence-corrected chi connectivity index (χ2v) is 3.72. The average molecular weight is 208 g/mol. The van der Waals surface area contributed by atoms with Crippen LogP contribution >= 0.6 is 0 Å². The summed E-state index contributed by atoms with van der Waals surface area (Å²) in [6.45, 7) is 3.63. The van der Waals surface area contributed by atoms with E-state index in [0.717, 1.165) is 31.5 Å². The van der Waals surface area contributed by atoms with E-state index in [1.54, 1.807) is 6.20 Å². The molecule has 0 bridgehead atoms. The molecule has 0 aromatic carbocycles. The molecular weight excluding hydrogens is 188 g/mol. The molecule has 1 unspecified atom stereocenters. The highest BCUT2D eigenvalue weighted by Crippen LogP contribution is 1.95. The van der Waals surface area contributed by atoms with Crippen LogP contribution in [0.1, 0.15) is 25.5 Å². The first-order chi connectivity index (χ1) is 7.33. The smallest absolute Gasteiger partial charge is 0.0664 e. The Labute approximate surface area is 91.5 Å². The molecule has 0 fully saturated rings. The van der Waals surface area contributed by atoms with Gasteiger partial charge in [-0.05, 0) is 18.6 Å². The highest BCUT2D eigenvalue weighted by molar-refractivity contribution is 5.03. The van der Waals surface area contributed by atoms with E-state index < -0.39 is 0 Å². The van der Waals surface area contributed by atoms with Crippen molar-refractivity contribution in [3.05, 3.63) is 30.1 Å². The number of pyridine rings is 1. The van der Waals surface area contributed by atoms with E-state index in [-0.39, 0.29) is 6.10 Å². The molecule has 1 aromatic heterocycles. The number of rotatable bonds is 7. The zero-order valence-electron chi connectivity index (χ0n) is 9.32. The van der Waals surface area contributed by atoms with Crippen molar-refractivity contribution in [3.8, 4) is 0 Å². The molecule has 0 aliphatic carbocycles. The summed E-state index contributed by atoms with van der Waals surface area (Å²) >= 11 is 0. The zero-order valence-corrected chi connectivity index (χ0v) is 9.32. The van der Waals surface area contributed by atoms with Gasteiger partial charge in [-0.2, -0.15) is 0 Å². The molecular formula is C12H20N2O. The highest BCUT2D eigenvalue weighted by atomic mass is 16.3. The predicted octanol–water partition coefficient (Wildman–Crippen LogP) is 1.37. The van der Waals surface area contributed by atoms with Gasteiger partial charge in [0.05, 0.1) is 6.10 Å². The van der Waals surface area contributed by atoms with Crippen LogP contribution in [0.15, 0.2) is 24.4 Å². The lowest BCUT2D eigenvalue weighted by atomic mass is 10.2. The van der Waals surface area contributed by atoms with Crippen LogP contribution in [0.25, 0.3) is 0 Å². The summed E-state index contributed by atoms with van der Waals surface area (Å²) in [5.41, 5.74) is 1.09. The number of hydrogen-bond acceptors (Lipinski definition) is 3. The number of aliphatic hydroxyl groups is 1. The van der Waals surface area contributed by atoms with Gasteiger partial charge in [0.25, 0.3) is 0 Å². The Kier molecular flexibility index (Phi) is 5.97. The van der Waals surface area contributed by atoms with Gasteiger partial charge in [-0.3, -0.25) is 4.98 Å². The van der Waals surface area contributed by atoms with Gasteiger partial charge < -0.3 is 10.4 Å². The number of nitrogens with one attached hydrogen (secondary N) is 1. The monoisotopic (exact) mass is 208 g/mol. The maximum absolute atomic E-state index is 9.47. The number of aliphatic hydroxyl groups excluding tert-OH is 1. The van der Waals surface area contributed by atoms with Crippen molar-refractivity contribution in [2.24, 2.45) is 0 Å². The molecule has 84 valence electrons. The van der Waals surface area contributed by atoms with E-state index >= 15 is 0 Å². The third-order valence-corrected chi connectivity index (χ3v) is 2.29. The van der Waals surface area contributed by atoms with Crippen molar-refractivity contribution in [3.63, 3.8) is 0 Å². The van der Waals surface area contributed by atoms with E-state index in [1.165, 1.54) is 0 Å². The van der Waals surface area contributed by atoms with E-state index in [1.807, 2.05) is 18.2 Å². The van der Waals surface area contributed by atoms with Crippen molar-refractivity contribution in [2.75, 3.05) is 13.1 Å². The van der Waals surface area contributed by atoms with Crippen LogP contribution in [0.5, 0.6) is 0 Å². The normalized spacial score (nSPS) is 12.7. The van der Waals surface area contributed by atoms with E-state index in [4.69, 9.17) is 0 Å². The second kappa shape index (κ2) is 7.37. The molecule has 0 aliphatic heterocycles. The van der Waals surface area contributed by atoms with Crippen LogP contribution in [-0.2, 0) is 6.42 Å². The fourth-order valence-corrected chi connectivity index (χ4v) is 1.47. The Morgan fingerprint density at radius 2 is 2.33 bits per heavy atom. The number of hydrogen-bond donors (Lipinski definition) is 2. The molecule has 15 heavy (non-hydrogen) atoms. The summed E-state index contributed by atoms with van der Waals surface area (Å²) in [7, 11) is 0. The van der Waals surface area contributed by atoms with Gasteiger partial charge in [0.15, 0.2) is 0 Å². The minimum Gasteiger partial charge on any atom is -0.392 e. The van der Waals surface area contributed by atoms with Gasteiger partial charge in [-0.25, -0.2) is 0 Å². The molecule has 0 saturated carbocycles. The quantitative estimate of drug-likeness (QED) is 0.665. The summed E-state index contributed by atoms with van der Waals surface area (Å²) in [6, 6.07) is 5.93. The molecule has 0 spiro atoms. The van der Waals surface area contributed by atoms with Crippen LogP contribution in [0, 0.1) is 0 Å². The van der Waals surface area contributed by atoms with Crippen LogP contribution < -0.4 is 5.32 Å². The van der Waals surface area contributed by atoms with Gasteiger partial charge in [0.1, 0.15) is 0 Å². The summed E-state index contributed by atoms with van der Waals surface area (Å²) < 4.78 is 0. The number of aromatic nitrogens is 1. The van der Waals surface area contributed by atoms with Gasteiger partial charge in [-0.1, -0.05) is 19.4 Å². The molecule has 1 rings (SSSR count). The first kappa shape index (κ1) is 12.1. The van der Waals surface area contributed by atoms with Crippen LogP contribution in [-0.4, -0.2) is 29.3 Å². The van der Waals surface area contributed by atoms with Gasteiger partial charge in [0.2, 0.25) is 0 Å². The maximum Gasteiger partial charge on any atom is 0.0664 e. The lowest BCUT2D eigenvalue weighted by Crippen LogP contribution is -2.28. The summed E-state index contributed by atoms with van der Waals surface area (Å²) in [6.07, 6.45) is 4.42. The Bertz CT molecular complexity index is 251. The molecule has 0 radical (unpaired) electrons. The minimum atomic E-state index is -0.210. The molecule has 0 amide bonds. The molecule has 2 N–H and O–H groups in total. The van der Waals surface area contributed by atoms with Crippen molar-refractivity contribution in [2.45, 2.75) is 32.3 Å². The molecule has 3 heteroatoms. The first-order valence-electron chi connectivity index (χ1n) is 5.61. The second-order valence-electron chi connectivity index (χ2n) is 3.72. The summed E-state index contributed by atoms with van der Waals surface area (Å²) in [4.78, 5) is 4.23. The maximum atomic E-state index is 9.47. The van der Waals surface area contributed by atoms with E-state index in [2.05, 4.69) is 17.2 Å². The van der Waals surface area contributed by atoms with Crippen molar-refractivity contribution >= 4 is 0 Å². The van der Waals surface area contributed by atoms with E-state index in [0.29, 0.717) is 6.54 Å². The van der Waals surface area contributed by atoms with Gasteiger partial charge >= 0.3 is 0 Å². The Balaban J connectivity index is 2.07. The third-order valence-electron chi connectivity index (χ3n) is 2.29. The SMILES string of the molecule is CCCC(O)CNCCc1ccccn1. The Hall–Kier alpha value is -0.930. The summed E-state index contributed by atoms with van der Waals surface area (Å²) in [5, 5.41) is 12.7. The topological polar surface area (TPSA) is 45.1 Å². The average Bonchev–Trinajstić information content (AvgIpc) is 2.26. The largest absolute Gasteiger partial charge is 0.392 e. The third kappa shape index (κ3) is 5.50. The molecule has 0 saturated heterocycles. The Morgan fingerprint density at radius 1 is 1.47 bits per heavy atom. The van der Waals surface area contributed by atoms with Crippen molar-refractivity contribution in [1.82, 2.24) is 10.3 Å². The van der Waals surface area contributed by atoms with Crippen LogP contribution in [0.2, 0.25) is 0 Å². The Morgan fingerprint density at radius 3 is 3.00 bits per heavy atom. The standard InChI is InChI=1S/C12H20N2O/c1-2-5-12(15)10-13-9-7-11-6-3-4-8-14-11/h3-4,6,8,12-13,15H,2,5,7,9-10H2,1H3. The van der Waals surface area contributed by atoms with E-state index in [9.17, 15) is 5.11 Å². The fourth-order valence-electron chi connectivity index (χ4n) is 1.47. The summed E-state index contributed by atoms with van der Waals surface area (Å²) in [5.74, 6) is 0. The lowest BCUT2D eigenvalue weighted by molar-refractivity contribution is 0.161. The minimum absolute atomic E-state index is 0.210. The van der Waals surface area contributed by atoms with Crippen LogP contribution in [0.4, 0.5) is 0 Å². The molecule has 1 heterocycles. The first-order valence-corrected chi connectivity index (χ1v) is 5.61. The number of nitrogens with zero attached hydrogens (tertiary/aromatic N) is 1. The van der Waals surface area contributed by atoms with Crippen molar-refractivity contribution < 1.29 is 5.11 Å². The molecule has 1 atom stereocenters. The zero-order chi connectivity index (χ0) is 10.9. The van der Waals surface area contributed by atoms with Crippen molar-refractivity contribution in [1.29, 1.82) is 0 Å². The highest BCUT2D eigenvalue weighted by Gasteiger charge is 2.01. The lowest BCUT2D eigenvalue weighted by Gasteiger charge is -2.10. The fraction of sp³-hybridized carbons (Fsp3) is 0.583.